The maximum Gasteiger partial charge on any atom is 0.0826 e. The fourth-order valence-electron chi connectivity index (χ4n) is 2.95. The molecule has 1 unspecified atom stereocenters. The third-order valence-electron chi connectivity index (χ3n) is 4.22. The van der Waals surface area contributed by atoms with Crippen molar-refractivity contribution in [2.24, 2.45) is 0 Å². The summed E-state index contributed by atoms with van der Waals surface area (Å²) in [6.07, 6.45) is 5.37. The number of benzene rings is 1. The van der Waals surface area contributed by atoms with Crippen molar-refractivity contribution in [2.75, 3.05) is 32.8 Å². The highest BCUT2D eigenvalue weighted by atomic mass is 16.5. The molecule has 1 aromatic rings. The molecule has 1 saturated carbocycles. The highest BCUT2D eigenvalue weighted by Crippen LogP contribution is 2.28. The van der Waals surface area contributed by atoms with Crippen LogP contribution < -0.4 is 5.32 Å². The molecular weight excluding hydrogens is 260 g/mol. The largest absolute Gasteiger partial charge is 0.374 e. The summed E-state index contributed by atoms with van der Waals surface area (Å²) in [6, 6.07) is 11.3. The zero-order chi connectivity index (χ0) is 14.5. The fraction of sp³-hybridized carbons (Fsp3) is 0.556. The van der Waals surface area contributed by atoms with Crippen molar-refractivity contribution in [2.45, 2.75) is 31.9 Å². The van der Waals surface area contributed by atoms with Crippen molar-refractivity contribution < 1.29 is 4.74 Å². The molecule has 0 aromatic heterocycles. The van der Waals surface area contributed by atoms with E-state index >= 15 is 0 Å². The molecule has 1 atom stereocenters. The molecule has 0 radical (unpaired) electrons. The minimum Gasteiger partial charge on any atom is -0.374 e. The molecule has 1 aliphatic carbocycles. The number of hydrogen-bond donors (Lipinski definition) is 1. The second kappa shape index (κ2) is 7.21. The summed E-state index contributed by atoms with van der Waals surface area (Å²) in [6.45, 7) is 7.16. The average Bonchev–Trinajstić information content (AvgIpc) is 3.33. The van der Waals surface area contributed by atoms with Crippen LogP contribution in [0.25, 0.3) is 6.08 Å². The SMILES string of the molecule is CC(=Cc1ccccc1)CNCC1CN(C2CC2)CCO1. The molecule has 0 bridgehead atoms. The van der Waals surface area contributed by atoms with Gasteiger partial charge in [-0.05, 0) is 25.3 Å². The number of hydrogen-bond acceptors (Lipinski definition) is 3. The third kappa shape index (κ3) is 4.67. The van der Waals surface area contributed by atoms with E-state index in [0.717, 1.165) is 38.8 Å². The van der Waals surface area contributed by atoms with Gasteiger partial charge in [0.1, 0.15) is 0 Å². The van der Waals surface area contributed by atoms with Gasteiger partial charge in [-0.1, -0.05) is 42.0 Å². The van der Waals surface area contributed by atoms with Gasteiger partial charge in [0.25, 0.3) is 0 Å². The highest BCUT2D eigenvalue weighted by Gasteiger charge is 2.32. The zero-order valence-corrected chi connectivity index (χ0v) is 12.9. The van der Waals surface area contributed by atoms with Crippen molar-refractivity contribution in [1.82, 2.24) is 10.2 Å². The Morgan fingerprint density at radius 1 is 1.33 bits per heavy atom. The lowest BCUT2D eigenvalue weighted by molar-refractivity contribution is -0.0296. The maximum atomic E-state index is 5.86. The van der Waals surface area contributed by atoms with E-state index in [0.29, 0.717) is 6.10 Å². The molecule has 2 aliphatic rings. The van der Waals surface area contributed by atoms with E-state index in [1.807, 2.05) is 0 Å². The van der Waals surface area contributed by atoms with Gasteiger partial charge in [0, 0.05) is 32.2 Å². The van der Waals surface area contributed by atoms with Crippen LogP contribution >= 0.6 is 0 Å². The van der Waals surface area contributed by atoms with E-state index in [2.05, 4.69) is 53.5 Å². The highest BCUT2D eigenvalue weighted by molar-refractivity contribution is 5.52. The number of ether oxygens (including phenoxy) is 1. The van der Waals surface area contributed by atoms with Crippen molar-refractivity contribution in [3.8, 4) is 0 Å². The van der Waals surface area contributed by atoms with Crippen LogP contribution in [0.1, 0.15) is 25.3 Å². The Kier molecular flexibility index (Phi) is 5.07. The van der Waals surface area contributed by atoms with E-state index in [1.165, 1.54) is 24.0 Å². The zero-order valence-electron chi connectivity index (χ0n) is 12.9. The first-order chi connectivity index (χ1) is 10.3. The summed E-state index contributed by atoms with van der Waals surface area (Å²) in [5, 5.41) is 3.54. The van der Waals surface area contributed by atoms with Gasteiger partial charge in [0.15, 0.2) is 0 Å². The molecule has 3 nitrogen and oxygen atoms in total. The van der Waals surface area contributed by atoms with Gasteiger partial charge in [0.2, 0.25) is 0 Å². The van der Waals surface area contributed by atoms with Gasteiger partial charge in [-0.15, -0.1) is 0 Å². The Hall–Kier alpha value is -1.16. The van der Waals surface area contributed by atoms with E-state index in [9.17, 15) is 0 Å². The van der Waals surface area contributed by atoms with E-state index in [-0.39, 0.29) is 0 Å². The van der Waals surface area contributed by atoms with Crippen molar-refractivity contribution in [3.63, 3.8) is 0 Å². The average molecular weight is 286 g/mol. The Morgan fingerprint density at radius 2 is 2.14 bits per heavy atom. The first-order valence-electron chi connectivity index (χ1n) is 8.10. The second-order valence-electron chi connectivity index (χ2n) is 6.25. The first kappa shape index (κ1) is 14.8. The maximum absolute atomic E-state index is 5.86. The molecule has 1 aromatic carbocycles. The van der Waals surface area contributed by atoms with Crippen LogP contribution in [0.3, 0.4) is 0 Å². The number of morpholine rings is 1. The molecule has 3 rings (SSSR count). The van der Waals surface area contributed by atoms with Crippen LogP contribution in [0.5, 0.6) is 0 Å². The molecule has 0 spiro atoms. The van der Waals surface area contributed by atoms with E-state index in [1.54, 1.807) is 0 Å². The second-order valence-corrected chi connectivity index (χ2v) is 6.25. The molecule has 1 saturated heterocycles. The predicted octanol–water partition coefficient (Wildman–Crippen LogP) is 2.54. The number of rotatable bonds is 6. The molecule has 0 amide bonds. The molecule has 1 N–H and O–H groups in total. The predicted molar refractivity (Wildman–Crippen MR) is 87.3 cm³/mol. The van der Waals surface area contributed by atoms with Gasteiger partial charge < -0.3 is 10.1 Å². The van der Waals surface area contributed by atoms with Gasteiger partial charge in [-0.25, -0.2) is 0 Å². The van der Waals surface area contributed by atoms with Crippen molar-refractivity contribution in [3.05, 3.63) is 41.5 Å². The number of nitrogens with one attached hydrogen (secondary N) is 1. The fourth-order valence-corrected chi connectivity index (χ4v) is 2.95. The van der Waals surface area contributed by atoms with Gasteiger partial charge in [-0.2, -0.15) is 0 Å². The van der Waals surface area contributed by atoms with Crippen molar-refractivity contribution >= 4 is 6.08 Å². The molecule has 1 heterocycles. The summed E-state index contributed by atoms with van der Waals surface area (Å²) in [5.41, 5.74) is 2.63. The Morgan fingerprint density at radius 3 is 2.90 bits per heavy atom. The Bertz CT molecular complexity index is 467. The Balaban J connectivity index is 1.40. The molecule has 114 valence electrons. The molecule has 21 heavy (non-hydrogen) atoms. The van der Waals surface area contributed by atoms with Crippen LogP contribution in [0.15, 0.2) is 35.9 Å². The van der Waals surface area contributed by atoms with Gasteiger partial charge in [0.05, 0.1) is 12.7 Å². The lowest BCUT2D eigenvalue weighted by atomic mass is 10.1. The van der Waals surface area contributed by atoms with E-state index in [4.69, 9.17) is 4.74 Å². The van der Waals surface area contributed by atoms with Crippen LogP contribution in [0.4, 0.5) is 0 Å². The van der Waals surface area contributed by atoms with Gasteiger partial charge >= 0.3 is 0 Å². The summed E-state index contributed by atoms with van der Waals surface area (Å²) >= 11 is 0. The summed E-state index contributed by atoms with van der Waals surface area (Å²) < 4.78 is 5.86. The van der Waals surface area contributed by atoms with E-state index < -0.39 is 0 Å². The summed E-state index contributed by atoms with van der Waals surface area (Å²) in [4.78, 5) is 2.60. The lowest BCUT2D eigenvalue weighted by Gasteiger charge is -2.33. The lowest BCUT2D eigenvalue weighted by Crippen LogP contribution is -2.47. The minimum absolute atomic E-state index is 0.351. The summed E-state index contributed by atoms with van der Waals surface area (Å²) in [5.74, 6) is 0. The van der Waals surface area contributed by atoms with Crippen molar-refractivity contribution in [1.29, 1.82) is 0 Å². The first-order valence-corrected chi connectivity index (χ1v) is 8.10. The Labute approximate surface area is 128 Å². The number of nitrogens with zero attached hydrogens (tertiary/aromatic N) is 1. The topological polar surface area (TPSA) is 24.5 Å². The molecule has 1 aliphatic heterocycles. The third-order valence-corrected chi connectivity index (χ3v) is 4.22. The van der Waals surface area contributed by atoms with Gasteiger partial charge in [-0.3, -0.25) is 4.90 Å². The molecule has 3 heteroatoms. The minimum atomic E-state index is 0.351. The summed E-state index contributed by atoms with van der Waals surface area (Å²) in [7, 11) is 0. The van der Waals surface area contributed by atoms with Crippen LogP contribution in [0, 0.1) is 0 Å². The normalized spacial score (nSPS) is 24.2. The molecule has 2 fully saturated rings. The van der Waals surface area contributed by atoms with Crippen LogP contribution in [0.2, 0.25) is 0 Å². The molecular formula is C18H26N2O. The standard InChI is InChI=1S/C18H26N2O/c1-15(11-16-5-3-2-4-6-16)12-19-13-18-14-20(9-10-21-18)17-7-8-17/h2-6,11,17-19H,7-10,12-14H2,1H3. The smallest absolute Gasteiger partial charge is 0.0826 e. The van der Waals surface area contributed by atoms with Crippen LogP contribution in [-0.2, 0) is 4.74 Å². The quantitative estimate of drug-likeness (QED) is 0.870. The van der Waals surface area contributed by atoms with Crippen LogP contribution in [-0.4, -0.2) is 49.8 Å². The monoisotopic (exact) mass is 286 g/mol.